The van der Waals surface area contributed by atoms with E-state index in [4.69, 9.17) is 0 Å². The number of hydrogen-bond acceptors (Lipinski definition) is 5. The first-order valence-corrected chi connectivity index (χ1v) is 4.47. The molecule has 0 saturated carbocycles. The van der Waals surface area contributed by atoms with Crippen molar-refractivity contribution in [3.63, 3.8) is 0 Å². The van der Waals surface area contributed by atoms with Gasteiger partial charge in [0.15, 0.2) is 5.75 Å². The molecule has 0 unspecified atom stereocenters. The van der Waals surface area contributed by atoms with Crippen LogP contribution in [-0.2, 0) is 0 Å². The molecule has 1 heterocycles. The smallest absolute Gasteiger partial charge is 0.315 e. The van der Waals surface area contributed by atoms with Gasteiger partial charge in [-0.2, -0.15) is 0 Å². The zero-order chi connectivity index (χ0) is 12.6. The van der Waals surface area contributed by atoms with Crippen LogP contribution in [0.1, 0.15) is 0 Å². The predicted molar refractivity (Wildman–Crippen MR) is 56.8 cm³/mol. The molecule has 0 aliphatic heterocycles. The van der Waals surface area contributed by atoms with E-state index in [-0.39, 0.29) is 11.3 Å². The van der Waals surface area contributed by atoms with Gasteiger partial charge < -0.3 is 10.2 Å². The minimum atomic E-state index is -0.830. The lowest BCUT2D eigenvalue weighted by Crippen LogP contribution is -1.93. The summed E-state index contributed by atoms with van der Waals surface area (Å²) in [5.41, 5.74) is -0.559. The van der Waals surface area contributed by atoms with Crippen LogP contribution < -0.4 is 5.56 Å². The second kappa shape index (κ2) is 3.67. The summed E-state index contributed by atoms with van der Waals surface area (Å²) in [7, 11) is 0. The fourth-order valence-electron chi connectivity index (χ4n) is 1.39. The molecule has 0 fully saturated rings. The van der Waals surface area contributed by atoms with E-state index >= 15 is 0 Å². The Kier molecular flexibility index (Phi) is 2.32. The van der Waals surface area contributed by atoms with Gasteiger partial charge in [-0.1, -0.05) is 0 Å². The van der Waals surface area contributed by atoms with Gasteiger partial charge in [0.05, 0.1) is 10.6 Å². The first-order valence-electron chi connectivity index (χ1n) is 4.47. The summed E-state index contributed by atoms with van der Waals surface area (Å²) in [6.07, 6.45) is 0. The van der Waals surface area contributed by atoms with E-state index < -0.39 is 27.7 Å². The summed E-state index contributed by atoms with van der Waals surface area (Å²) in [4.78, 5) is 20.7. The van der Waals surface area contributed by atoms with Crippen molar-refractivity contribution in [1.82, 2.24) is 10.2 Å². The number of nitrogens with zero attached hydrogens (tertiary/aromatic N) is 1. The summed E-state index contributed by atoms with van der Waals surface area (Å²) >= 11 is 0. The van der Waals surface area contributed by atoms with Crippen LogP contribution in [0, 0.1) is 10.1 Å². The van der Waals surface area contributed by atoms with Crippen molar-refractivity contribution in [3.8, 4) is 22.8 Å². The molecule has 0 radical (unpaired) electrons. The van der Waals surface area contributed by atoms with E-state index in [0.29, 0.717) is 0 Å². The minimum absolute atomic E-state index is 0.213. The number of benzene rings is 1. The van der Waals surface area contributed by atoms with E-state index in [1.54, 1.807) is 0 Å². The zero-order valence-corrected chi connectivity index (χ0v) is 8.30. The maximum Gasteiger partial charge on any atom is 0.315 e. The molecule has 88 valence electrons. The van der Waals surface area contributed by atoms with E-state index in [9.17, 15) is 25.1 Å². The Bertz CT molecular complexity index is 642. The molecule has 4 N–H and O–H groups in total. The standard InChI is InChI=1S/C9H7N3O5/c13-7-2-4(5-3-8(14)11-10-5)1-6(9(7)15)12(16)17/h1-3,13,15H,(H2,10,11,14). The number of H-pyrrole nitrogens is 2. The van der Waals surface area contributed by atoms with Crippen molar-refractivity contribution in [3.05, 3.63) is 38.7 Å². The number of aromatic hydroxyl groups is 2. The molecule has 8 heteroatoms. The Morgan fingerprint density at radius 2 is 1.88 bits per heavy atom. The number of phenols is 2. The van der Waals surface area contributed by atoms with Gasteiger partial charge in [-0.05, 0) is 6.07 Å². The largest absolute Gasteiger partial charge is 0.504 e. The van der Waals surface area contributed by atoms with Gasteiger partial charge in [0.2, 0.25) is 5.75 Å². The summed E-state index contributed by atoms with van der Waals surface area (Å²) in [6.45, 7) is 0. The first kappa shape index (κ1) is 10.7. The molecule has 0 saturated heterocycles. The number of nitro groups is 1. The second-order valence-corrected chi connectivity index (χ2v) is 3.29. The third kappa shape index (κ3) is 1.83. The molecule has 17 heavy (non-hydrogen) atoms. The second-order valence-electron chi connectivity index (χ2n) is 3.29. The molecule has 0 atom stereocenters. The van der Waals surface area contributed by atoms with E-state index in [1.165, 1.54) is 6.07 Å². The molecule has 0 spiro atoms. The summed E-state index contributed by atoms with van der Waals surface area (Å²) in [5, 5.41) is 34.0. The Hall–Kier alpha value is -2.77. The summed E-state index contributed by atoms with van der Waals surface area (Å²) in [5.74, 6) is -1.44. The third-order valence-electron chi connectivity index (χ3n) is 2.17. The number of hydrogen-bond donors (Lipinski definition) is 4. The monoisotopic (exact) mass is 237 g/mol. The zero-order valence-electron chi connectivity index (χ0n) is 8.30. The Morgan fingerprint density at radius 3 is 2.41 bits per heavy atom. The Labute approximate surface area is 93.3 Å². The summed E-state index contributed by atoms with van der Waals surface area (Å²) < 4.78 is 0. The quantitative estimate of drug-likeness (QED) is 0.346. The Morgan fingerprint density at radius 1 is 1.18 bits per heavy atom. The number of aromatic amines is 2. The van der Waals surface area contributed by atoms with Gasteiger partial charge in [-0.15, -0.1) is 0 Å². The molecule has 8 nitrogen and oxygen atoms in total. The van der Waals surface area contributed by atoms with Crippen LogP contribution >= 0.6 is 0 Å². The minimum Gasteiger partial charge on any atom is -0.504 e. The molecule has 0 aliphatic carbocycles. The number of nitrogens with one attached hydrogen (secondary N) is 2. The molecule has 0 bridgehead atoms. The molecule has 0 amide bonds. The van der Waals surface area contributed by atoms with Crippen LogP contribution in [-0.4, -0.2) is 25.3 Å². The lowest BCUT2D eigenvalue weighted by Gasteiger charge is -2.02. The van der Waals surface area contributed by atoms with Crippen LogP contribution in [0.2, 0.25) is 0 Å². The van der Waals surface area contributed by atoms with Crippen LogP contribution in [0.15, 0.2) is 23.0 Å². The van der Waals surface area contributed by atoms with Crippen LogP contribution in [0.3, 0.4) is 0 Å². The molecule has 0 aliphatic rings. The molecule has 1 aromatic heterocycles. The van der Waals surface area contributed by atoms with Gasteiger partial charge in [-0.3, -0.25) is 25.1 Å². The van der Waals surface area contributed by atoms with Crippen LogP contribution in [0.25, 0.3) is 11.3 Å². The van der Waals surface area contributed by atoms with Gasteiger partial charge in [0.1, 0.15) is 0 Å². The SMILES string of the molecule is O=c1cc(-c2cc(O)c(O)c([N+](=O)[O-])c2)[nH][nH]1. The van der Waals surface area contributed by atoms with Gasteiger partial charge in [0.25, 0.3) is 5.56 Å². The predicted octanol–water partition coefficient (Wildman–Crippen LogP) is 0.689. The number of rotatable bonds is 2. The topological polar surface area (TPSA) is 132 Å². The maximum atomic E-state index is 10.9. The highest BCUT2D eigenvalue weighted by Gasteiger charge is 2.19. The van der Waals surface area contributed by atoms with E-state index in [0.717, 1.165) is 12.1 Å². The van der Waals surface area contributed by atoms with Crippen molar-refractivity contribution in [1.29, 1.82) is 0 Å². The normalized spacial score (nSPS) is 10.4. The average Bonchev–Trinajstić information content (AvgIpc) is 2.68. The van der Waals surface area contributed by atoms with Crippen LogP contribution in [0.5, 0.6) is 11.5 Å². The van der Waals surface area contributed by atoms with Gasteiger partial charge in [0, 0.05) is 17.7 Å². The molecule has 2 aromatic rings. The molecule has 2 rings (SSSR count). The van der Waals surface area contributed by atoms with Crippen molar-refractivity contribution in [2.45, 2.75) is 0 Å². The highest BCUT2D eigenvalue weighted by Crippen LogP contribution is 2.38. The first-order chi connectivity index (χ1) is 7.99. The van der Waals surface area contributed by atoms with Crippen molar-refractivity contribution < 1.29 is 15.1 Å². The molecular formula is C9H7N3O5. The van der Waals surface area contributed by atoms with Gasteiger partial charge >= 0.3 is 5.69 Å². The molecule has 1 aromatic carbocycles. The van der Waals surface area contributed by atoms with E-state index in [1.807, 2.05) is 0 Å². The lowest BCUT2D eigenvalue weighted by molar-refractivity contribution is -0.385. The highest BCUT2D eigenvalue weighted by atomic mass is 16.6. The number of nitro benzene ring substituents is 1. The van der Waals surface area contributed by atoms with Crippen molar-refractivity contribution >= 4 is 5.69 Å². The van der Waals surface area contributed by atoms with E-state index in [2.05, 4.69) is 10.2 Å². The third-order valence-corrected chi connectivity index (χ3v) is 2.17. The Balaban J connectivity index is 2.64. The molecular weight excluding hydrogens is 230 g/mol. The maximum absolute atomic E-state index is 10.9. The highest BCUT2D eigenvalue weighted by molar-refractivity contribution is 5.69. The van der Waals surface area contributed by atoms with Crippen molar-refractivity contribution in [2.75, 3.05) is 0 Å². The number of phenolic OH excluding ortho intramolecular Hbond substituents is 2. The fourth-order valence-corrected chi connectivity index (χ4v) is 1.39. The van der Waals surface area contributed by atoms with Gasteiger partial charge in [-0.25, -0.2) is 0 Å². The fraction of sp³-hybridized carbons (Fsp3) is 0. The average molecular weight is 237 g/mol. The van der Waals surface area contributed by atoms with Crippen LogP contribution in [0.4, 0.5) is 5.69 Å². The van der Waals surface area contributed by atoms with Crippen molar-refractivity contribution in [2.24, 2.45) is 0 Å². The summed E-state index contributed by atoms with van der Waals surface area (Å²) in [6, 6.07) is 3.34. The number of aromatic nitrogens is 2. The lowest BCUT2D eigenvalue weighted by atomic mass is 10.1.